The van der Waals surface area contributed by atoms with E-state index in [0.717, 1.165) is 24.2 Å². The van der Waals surface area contributed by atoms with Crippen LogP contribution in [0.5, 0.6) is 0 Å². The fraction of sp³-hybridized carbons (Fsp3) is 0.429. The van der Waals surface area contributed by atoms with Crippen LogP contribution >= 0.6 is 11.6 Å². The van der Waals surface area contributed by atoms with Gasteiger partial charge in [0.2, 0.25) is 0 Å². The molecule has 0 spiro atoms. The molecule has 1 amide bonds. The van der Waals surface area contributed by atoms with E-state index in [1.165, 1.54) is 0 Å². The Morgan fingerprint density at radius 3 is 2.75 bits per heavy atom. The molecule has 0 aliphatic carbocycles. The van der Waals surface area contributed by atoms with Crippen molar-refractivity contribution in [2.24, 2.45) is 5.10 Å². The second-order valence-electron chi connectivity index (χ2n) is 4.46. The molecule has 6 heteroatoms. The van der Waals surface area contributed by atoms with E-state index in [2.05, 4.69) is 10.5 Å². The number of hydrogen-bond acceptors (Lipinski definition) is 4. The number of nitrogens with one attached hydrogen (secondary N) is 1. The van der Waals surface area contributed by atoms with Crippen LogP contribution in [-0.2, 0) is 4.74 Å². The summed E-state index contributed by atoms with van der Waals surface area (Å²) < 4.78 is 4.98. The number of hydrogen-bond donors (Lipinski definition) is 1. The lowest BCUT2D eigenvalue weighted by molar-refractivity contribution is 0.107. The average Bonchev–Trinajstić information content (AvgIpc) is 2.47. The minimum Gasteiger partial charge on any atom is -0.450 e. The number of hydrazone groups is 1. The van der Waals surface area contributed by atoms with Crippen LogP contribution in [0.25, 0.3) is 0 Å². The van der Waals surface area contributed by atoms with Gasteiger partial charge in [0.05, 0.1) is 17.3 Å². The highest BCUT2D eigenvalue weighted by Crippen LogP contribution is 2.20. The molecule has 1 N–H and O–H groups in total. The van der Waals surface area contributed by atoms with Gasteiger partial charge in [-0.15, -0.1) is 0 Å². The van der Waals surface area contributed by atoms with Crippen LogP contribution in [-0.4, -0.2) is 36.4 Å². The van der Waals surface area contributed by atoms with Crippen molar-refractivity contribution in [2.45, 2.75) is 19.8 Å². The molecule has 2 rings (SSSR count). The van der Waals surface area contributed by atoms with Crippen LogP contribution in [0.2, 0.25) is 5.02 Å². The first kappa shape index (κ1) is 14.7. The standard InChI is InChI=1S/C14H18ClN3O2/c1-2-20-14(19)18-9-7-11(8-10-18)16-17-13-6-4-3-5-12(13)15/h3-6,17H,2,7-10H2,1H3. The second kappa shape index (κ2) is 7.14. The van der Waals surface area contributed by atoms with E-state index in [1.54, 1.807) is 4.90 Å². The molecular weight excluding hydrogens is 278 g/mol. The summed E-state index contributed by atoms with van der Waals surface area (Å²) in [5, 5.41) is 5.00. The number of piperidine rings is 1. The topological polar surface area (TPSA) is 53.9 Å². The number of rotatable bonds is 3. The zero-order chi connectivity index (χ0) is 14.4. The highest BCUT2D eigenvalue weighted by molar-refractivity contribution is 6.33. The fourth-order valence-corrected chi connectivity index (χ4v) is 2.14. The molecular formula is C14H18ClN3O2. The summed E-state index contributed by atoms with van der Waals surface area (Å²) in [7, 11) is 0. The van der Waals surface area contributed by atoms with E-state index in [-0.39, 0.29) is 6.09 Å². The molecule has 0 atom stereocenters. The fourth-order valence-electron chi connectivity index (χ4n) is 1.97. The van der Waals surface area contributed by atoms with Crippen LogP contribution in [0.4, 0.5) is 10.5 Å². The molecule has 1 aromatic rings. The SMILES string of the molecule is CCOC(=O)N1CCC(=NNc2ccccc2Cl)CC1. The summed E-state index contributed by atoms with van der Waals surface area (Å²) in [6.07, 6.45) is 1.25. The number of anilines is 1. The predicted molar refractivity (Wildman–Crippen MR) is 80.3 cm³/mol. The summed E-state index contributed by atoms with van der Waals surface area (Å²) >= 11 is 6.04. The average molecular weight is 296 g/mol. The van der Waals surface area contributed by atoms with Crippen LogP contribution in [0.1, 0.15) is 19.8 Å². The first-order chi connectivity index (χ1) is 9.70. The van der Waals surface area contributed by atoms with Crippen LogP contribution in [0.15, 0.2) is 29.4 Å². The Morgan fingerprint density at radius 1 is 1.40 bits per heavy atom. The van der Waals surface area contributed by atoms with Gasteiger partial charge in [-0.05, 0) is 19.1 Å². The quantitative estimate of drug-likeness (QED) is 0.870. The molecule has 1 saturated heterocycles. The smallest absolute Gasteiger partial charge is 0.409 e. The molecule has 0 bridgehead atoms. The third-order valence-corrected chi connectivity index (χ3v) is 3.40. The van der Waals surface area contributed by atoms with Crippen molar-refractivity contribution in [2.75, 3.05) is 25.1 Å². The number of nitrogens with zero attached hydrogens (tertiary/aromatic N) is 2. The number of carbonyl (C=O) groups excluding carboxylic acids is 1. The number of para-hydroxylation sites is 1. The van der Waals surface area contributed by atoms with Gasteiger partial charge >= 0.3 is 6.09 Å². The number of amides is 1. The van der Waals surface area contributed by atoms with Crippen LogP contribution < -0.4 is 5.43 Å². The normalized spacial score (nSPS) is 14.9. The number of likely N-dealkylation sites (tertiary alicyclic amines) is 1. The number of carbonyl (C=O) groups is 1. The monoisotopic (exact) mass is 295 g/mol. The zero-order valence-corrected chi connectivity index (χ0v) is 12.2. The maximum absolute atomic E-state index is 11.6. The molecule has 1 fully saturated rings. The Labute approximate surface area is 123 Å². The minimum absolute atomic E-state index is 0.245. The molecule has 1 aromatic carbocycles. The number of benzene rings is 1. The zero-order valence-electron chi connectivity index (χ0n) is 11.4. The van der Waals surface area contributed by atoms with Crippen molar-refractivity contribution < 1.29 is 9.53 Å². The van der Waals surface area contributed by atoms with E-state index in [0.29, 0.717) is 24.7 Å². The lowest BCUT2D eigenvalue weighted by Crippen LogP contribution is -2.39. The minimum atomic E-state index is -0.245. The summed E-state index contributed by atoms with van der Waals surface area (Å²) in [5.41, 5.74) is 4.79. The Balaban J connectivity index is 1.86. The molecule has 1 heterocycles. The number of ether oxygens (including phenoxy) is 1. The van der Waals surface area contributed by atoms with Gasteiger partial charge in [0.1, 0.15) is 0 Å². The van der Waals surface area contributed by atoms with Crippen molar-refractivity contribution in [3.8, 4) is 0 Å². The third-order valence-electron chi connectivity index (χ3n) is 3.07. The van der Waals surface area contributed by atoms with Crippen molar-refractivity contribution in [3.63, 3.8) is 0 Å². The molecule has 1 aliphatic rings. The van der Waals surface area contributed by atoms with E-state index >= 15 is 0 Å². The van der Waals surface area contributed by atoms with E-state index in [4.69, 9.17) is 16.3 Å². The van der Waals surface area contributed by atoms with E-state index < -0.39 is 0 Å². The maximum atomic E-state index is 11.6. The third kappa shape index (κ3) is 3.87. The first-order valence-corrected chi connectivity index (χ1v) is 7.06. The molecule has 5 nitrogen and oxygen atoms in total. The summed E-state index contributed by atoms with van der Waals surface area (Å²) in [4.78, 5) is 13.3. The largest absolute Gasteiger partial charge is 0.450 e. The molecule has 20 heavy (non-hydrogen) atoms. The summed E-state index contributed by atoms with van der Waals surface area (Å²) in [5.74, 6) is 0. The Morgan fingerprint density at radius 2 is 2.10 bits per heavy atom. The molecule has 0 aromatic heterocycles. The van der Waals surface area contributed by atoms with E-state index in [1.807, 2.05) is 31.2 Å². The summed E-state index contributed by atoms with van der Waals surface area (Å²) in [6, 6.07) is 7.46. The first-order valence-electron chi connectivity index (χ1n) is 6.68. The van der Waals surface area contributed by atoms with Crippen molar-refractivity contribution in [3.05, 3.63) is 29.3 Å². The second-order valence-corrected chi connectivity index (χ2v) is 4.86. The molecule has 0 radical (unpaired) electrons. The van der Waals surface area contributed by atoms with Crippen molar-refractivity contribution in [1.82, 2.24) is 4.90 Å². The van der Waals surface area contributed by atoms with Crippen LogP contribution in [0, 0.1) is 0 Å². The lowest BCUT2D eigenvalue weighted by atomic mass is 10.1. The van der Waals surface area contributed by atoms with E-state index in [9.17, 15) is 4.79 Å². The van der Waals surface area contributed by atoms with Gasteiger partial charge in [-0.25, -0.2) is 4.79 Å². The molecule has 0 unspecified atom stereocenters. The van der Waals surface area contributed by atoms with Gasteiger partial charge in [0.25, 0.3) is 0 Å². The van der Waals surface area contributed by atoms with Gasteiger partial charge < -0.3 is 9.64 Å². The Bertz CT molecular complexity index is 495. The summed E-state index contributed by atoms with van der Waals surface area (Å²) in [6.45, 7) is 3.50. The van der Waals surface area contributed by atoms with Gasteiger partial charge in [0.15, 0.2) is 0 Å². The van der Waals surface area contributed by atoms with Crippen molar-refractivity contribution in [1.29, 1.82) is 0 Å². The molecule has 108 valence electrons. The van der Waals surface area contributed by atoms with Gasteiger partial charge in [-0.2, -0.15) is 5.10 Å². The van der Waals surface area contributed by atoms with Crippen molar-refractivity contribution >= 4 is 29.1 Å². The van der Waals surface area contributed by atoms with Gasteiger partial charge in [-0.3, -0.25) is 5.43 Å². The molecule has 1 aliphatic heterocycles. The Kier molecular flexibility index (Phi) is 5.24. The maximum Gasteiger partial charge on any atom is 0.409 e. The number of halogens is 1. The van der Waals surface area contributed by atoms with Gasteiger partial charge in [0, 0.05) is 31.6 Å². The highest BCUT2D eigenvalue weighted by atomic mass is 35.5. The van der Waals surface area contributed by atoms with Gasteiger partial charge in [-0.1, -0.05) is 23.7 Å². The van der Waals surface area contributed by atoms with Crippen LogP contribution in [0.3, 0.4) is 0 Å². The Hall–Kier alpha value is -1.75. The highest BCUT2D eigenvalue weighted by Gasteiger charge is 2.20. The molecule has 0 saturated carbocycles. The predicted octanol–water partition coefficient (Wildman–Crippen LogP) is 3.36. The lowest BCUT2D eigenvalue weighted by Gasteiger charge is -2.26.